The highest BCUT2D eigenvalue weighted by Crippen LogP contribution is 2.27. The molecule has 0 amide bonds. The Bertz CT molecular complexity index is 465. The molecule has 2 heterocycles. The van der Waals surface area contributed by atoms with Crippen LogP contribution in [0, 0.1) is 0 Å². The Morgan fingerprint density at radius 1 is 1.55 bits per heavy atom. The molecule has 20 heavy (non-hydrogen) atoms. The number of carbonyl (C=O) groups excluding carboxylic acids is 1. The van der Waals surface area contributed by atoms with Gasteiger partial charge in [0.1, 0.15) is 11.0 Å². The number of nitrogens with zero attached hydrogens (tertiary/aromatic N) is 2. The maximum atomic E-state index is 11.9. The van der Waals surface area contributed by atoms with Gasteiger partial charge in [0.15, 0.2) is 0 Å². The first-order chi connectivity index (χ1) is 9.41. The molecule has 112 valence electrons. The second-order valence-electron chi connectivity index (χ2n) is 6.26. The van der Waals surface area contributed by atoms with Gasteiger partial charge in [0.05, 0.1) is 18.8 Å². The Morgan fingerprint density at radius 3 is 2.90 bits per heavy atom. The molecule has 4 nitrogen and oxygen atoms in total. The highest BCUT2D eigenvalue weighted by molar-refractivity contribution is 7.09. The highest BCUT2D eigenvalue weighted by Gasteiger charge is 2.32. The Hall–Kier alpha value is -0.940. The van der Waals surface area contributed by atoms with Gasteiger partial charge in [-0.1, -0.05) is 20.8 Å². The first-order valence-corrected chi connectivity index (χ1v) is 8.15. The van der Waals surface area contributed by atoms with Crippen molar-refractivity contribution in [3.63, 3.8) is 0 Å². The summed E-state index contributed by atoms with van der Waals surface area (Å²) in [4.78, 5) is 18.8. The first kappa shape index (κ1) is 15.4. The third-order valence-corrected chi connectivity index (χ3v) is 4.41. The molecule has 1 unspecified atom stereocenters. The fourth-order valence-corrected chi connectivity index (χ4v) is 3.47. The van der Waals surface area contributed by atoms with Crippen LogP contribution in [0.15, 0.2) is 5.38 Å². The second kappa shape index (κ2) is 6.22. The largest absolute Gasteiger partial charge is 0.465 e. The van der Waals surface area contributed by atoms with Crippen LogP contribution >= 0.6 is 11.3 Å². The molecule has 0 bridgehead atoms. The van der Waals surface area contributed by atoms with Crippen LogP contribution in [0.4, 0.5) is 0 Å². The van der Waals surface area contributed by atoms with Crippen LogP contribution in [0.25, 0.3) is 0 Å². The average molecular weight is 296 g/mol. The lowest BCUT2D eigenvalue weighted by Crippen LogP contribution is -2.36. The van der Waals surface area contributed by atoms with Crippen molar-refractivity contribution in [3.05, 3.63) is 16.1 Å². The van der Waals surface area contributed by atoms with Crippen LogP contribution in [-0.2, 0) is 21.5 Å². The van der Waals surface area contributed by atoms with E-state index in [2.05, 4.69) is 31.1 Å². The fourth-order valence-electron chi connectivity index (χ4n) is 2.42. The van der Waals surface area contributed by atoms with E-state index in [4.69, 9.17) is 9.72 Å². The van der Waals surface area contributed by atoms with Gasteiger partial charge in [-0.2, -0.15) is 0 Å². The zero-order valence-electron chi connectivity index (χ0n) is 12.8. The summed E-state index contributed by atoms with van der Waals surface area (Å²) in [5, 5.41) is 3.22. The minimum Gasteiger partial charge on any atom is -0.465 e. The molecule has 0 aliphatic carbocycles. The number of ether oxygens (including phenoxy) is 1. The zero-order valence-corrected chi connectivity index (χ0v) is 13.6. The van der Waals surface area contributed by atoms with Crippen molar-refractivity contribution in [2.45, 2.75) is 58.5 Å². The van der Waals surface area contributed by atoms with Crippen molar-refractivity contribution in [1.29, 1.82) is 0 Å². The summed E-state index contributed by atoms with van der Waals surface area (Å²) in [7, 11) is 0. The summed E-state index contributed by atoms with van der Waals surface area (Å²) >= 11 is 1.69. The van der Waals surface area contributed by atoms with Gasteiger partial charge < -0.3 is 4.74 Å². The smallest absolute Gasteiger partial charge is 0.323 e. The zero-order chi connectivity index (χ0) is 14.8. The van der Waals surface area contributed by atoms with Crippen LogP contribution in [0.3, 0.4) is 0 Å². The van der Waals surface area contributed by atoms with Crippen LogP contribution < -0.4 is 0 Å². The fraction of sp³-hybridized carbons (Fsp3) is 0.733. The molecule has 1 saturated heterocycles. The highest BCUT2D eigenvalue weighted by atomic mass is 32.1. The number of esters is 1. The lowest BCUT2D eigenvalue weighted by molar-refractivity contribution is -0.148. The third-order valence-electron chi connectivity index (χ3n) is 3.58. The summed E-state index contributed by atoms with van der Waals surface area (Å²) in [5.41, 5.74) is 1.21. The van der Waals surface area contributed by atoms with E-state index >= 15 is 0 Å². The van der Waals surface area contributed by atoms with E-state index in [0.29, 0.717) is 6.61 Å². The van der Waals surface area contributed by atoms with Crippen molar-refractivity contribution in [1.82, 2.24) is 9.88 Å². The molecule has 2 rings (SSSR count). The molecule has 5 heteroatoms. The Kier molecular flexibility index (Phi) is 4.81. The lowest BCUT2D eigenvalue weighted by Gasteiger charge is -2.21. The maximum absolute atomic E-state index is 11.9. The molecule has 0 aromatic carbocycles. The molecule has 0 N–H and O–H groups in total. The van der Waals surface area contributed by atoms with Gasteiger partial charge in [-0.3, -0.25) is 9.69 Å². The van der Waals surface area contributed by atoms with E-state index in [9.17, 15) is 4.79 Å². The molecule has 0 spiro atoms. The number of carbonyl (C=O) groups is 1. The predicted molar refractivity (Wildman–Crippen MR) is 80.9 cm³/mol. The number of aromatic nitrogens is 1. The van der Waals surface area contributed by atoms with Crippen molar-refractivity contribution in [2.75, 3.05) is 13.2 Å². The van der Waals surface area contributed by atoms with Crippen LogP contribution in [0.2, 0.25) is 0 Å². The molecule has 1 atom stereocenters. The van der Waals surface area contributed by atoms with Gasteiger partial charge in [0.2, 0.25) is 0 Å². The second-order valence-corrected chi connectivity index (χ2v) is 7.20. The van der Waals surface area contributed by atoms with Crippen molar-refractivity contribution >= 4 is 17.3 Å². The van der Waals surface area contributed by atoms with E-state index in [1.807, 2.05) is 6.92 Å². The van der Waals surface area contributed by atoms with Gasteiger partial charge in [-0.15, -0.1) is 11.3 Å². The quantitative estimate of drug-likeness (QED) is 0.801. The summed E-state index contributed by atoms with van der Waals surface area (Å²) in [5.74, 6) is -0.0856. The molecular weight excluding hydrogens is 272 g/mol. The molecule has 0 radical (unpaired) electrons. The molecule has 1 aliphatic heterocycles. The minimum absolute atomic E-state index is 0.0836. The van der Waals surface area contributed by atoms with Crippen molar-refractivity contribution in [3.8, 4) is 0 Å². The van der Waals surface area contributed by atoms with E-state index < -0.39 is 0 Å². The third kappa shape index (κ3) is 3.58. The topological polar surface area (TPSA) is 42.4 Å². The standard InChI is InChI=1S/C15H24N2O2S/c1-5-19-14(18)11-7-6-8-17(11)9-13-16-12(10-20-13)15(2,3)4/h10-11H,5-9H2,1-4H3. The number of hydrogen-bond acceptors (Lipinski definition) is 5. The summed E-state index contributed by atoms with van der Waals surface area (Å²) in [6.45, 7) is 10.5. The van der Waals surface area contributed by atoms with E-state index in [0.717, 1.165) is 36.6 Å². The maximum Gasteiger partial charge on any atom is 0.323 e. The summed E-state index contributed by atoms with van der Waals surface area (Å²) in [6.07, 6.45) is 1.96. The van der Waals surface area contributed by atoms with Gasteiger partial charge >= 0.3 is 5.97 Å². The normalized spacial score (nSPS) is 20.3. The molecule has 0 saturated carbocycles. The first-order valence-electron chi connectivity index (χ1n) is 7.27. The van der Waals surface area contributed by atoms with Crippen molar-refractivity contribution in [2.24, 2.45) is 0 Å². The molecule has 1 aromatic rings. The molecular formula is C15H24N2O2S. The van der Waals surface area contributed by atoms with Gasteiger partial charge in [-0.25, -0.2) is 4.98 Å². The monoisotopic (exact) mass is 296 g/mol. The Labute approximate surface area is 125 Å². The Balaban J connectivity index is 2.02. The van der Waals surface area contributed by atoms with Gasteiger partial charge in [0, 0.05) is 10.8 Å². The van der Waals surface area contributed by atoms with Gasteiger partial charge in [-0.05, 0) is 26.3 Å². The minimum atomic E-state index is -0.0862. The van der Waals surface area contributed by atoms with Crippen molar-refractivity contribution < 1.29 is 9.53 Å². The predicted octanol–water partition coefficient (Wildman–Crippen LogP) is 2.97. The van der Waals surface area contributed by atoms with Crippen LogP contribution in [-0.4, -0.2) is 35.0 Å². The number of thiazole rings is 1. The van der Waals surface area contributed by atoms with Crippen LogP contribution in [0.5, 0.6) is 0 Å². The number of likely N-dealkylation sites (tertiary alicyclic amines) is 1. The lowest BCUT2D eigenvalue weighted by atomic mass is 9.93. The van der Waals surface area contributed by atoms with Crippen LogP contribution in [0.1, 0.15) is 51.2 Å². The number of rotatable bonds is 4. The van der Waals surface area contributed by atoms with E-state index in [1.54, 1.807) is 11.3 Å². The SMILES string of the molecule is CCOC(=O)C1CCCN1Cc1nc(C(C)(C)C)cs1. The summed E-state index contributed by atoms with van der Waals surface area (Å²) < 4.78 is 5.16. The summed E-state index contributed by atoms with van der Waals surface area (Å²) in [6, 6.07) is -0.0862. The Morgan fingerprint density at radius 2 is 2.30 bits per heavy atom. The molecule has 1 aliphatic rings. The van der Waals surface area contributed by atoms with E-state index in [1.165, 1.54) is 0 Å². The van der Waals surface area contributed by atoms with Gasteiger partial charge in [0.25, 0.3) is 0 Å². The van der Waals surface area contributed by atoms with E-state index in [-0.39, 0.29) is 17.4 Å². The number of hydrogen-bond donors (Lipinski definition) is 0. The molecule has 1 aromatic heterocycles. The molecule has 1 fully saturated rings. The average Bonchev–Trinajstić information content (AvgIpc) is 2.98.